The molecule has 1 aromatic carbocycles. The molecule has 0 atom stereocenters. The van der Waals surface area contributed by atoms with Crippen molar-refractivity contribution in [3.05, 3.63) is 35.4 Å². The van der Waals surface area contributed by atoms with E-state index in [9.17, 15) is 4.79 Å². The third-order valence-electron chi connectivity index (χ3n) is 3.53. The summed E-state index contributed by atoms with van der Waals surface area (Å²) in [5.74, 6) is 0.669. The standard InChI is InChI=1S/C16H23N3O2/c1-3-17-16(19-10-4-5-11-19)18-12-13-6-8-14(9-7-13)15(20)21-2/h6-9H,3-5,10-12H2,1-2H3,(H,17,18). The van der Waals surface area contributed by atoms with Crippen LogP contribution in [0.2, 0.25) is 0 Å². The third kappa shape index (κ3) is 4.21. The molecule has 1 aromatic rings. The highest BCUT2D eigenvalue weighted by Gasteiger charge is 2.15. The van der Waals surface area contributed by atoms with Crippen LogP contribution >= 0.6 is 0 Å². The zero-order valence-electron chi connectivity index (χ0n) is 12.8. The Labute approximate surface area is 126 Å². The van der Waals surface area contributed by atoms with Crippen molar-refractivity contribution in [1.82, 2.24) is 10.2 Å². The summed E-state index contributed by atoms with van der Waals surface area (Å²) in [6, 6.07) is 7.39. The molecule has 1 fully saturated rings. The van der Waals surface area contributed by atoms with E-state index in [1.54, 1.807) is 12.1 Å². The Hall–Kier alpha value is -2.04. The number of esters is 1. The maximum atomic E-state index is 11.4. The number of ether oxygens (including phenoxy) is 1. The SMILES string of the molecule is CCNC(=NCc1ccc(C(=O)OC)cc1)N1CCCC1. The average molecular weight is 289 g/mol. The smallest absolute Gasteiger partial charge is 0.337 e. The lowest BCUT2D eigenvalue weighted by molar-refractivity contribution is 0.0600. The first-order valence-electron chi connectivity index (χ1n) is 7.45. The lowest BCUT2D eigenvalue weighted by Gasteiger charge is -2.20. The summed E-state index contributed by atoms with van der Waals surface area (Å²) in [6.45, 7) is 5.72. The Morgan fingerprint density at radius 1 is 1.29 bits per heavy atom. The molecule has 0 bridgehead atoms. The largest absolute Gasteiger partial charge is 0.465 e. The van der Waals surface area contributed by atoms with Gasteiger partial charge >= 0.3 is 5.97 Å². The van der Waals surface area contributed by atoms with E-state index in [-0.39, 0.29) is 5.97 Å². The van der Waals surface area contributed by atoms with E-state index in [1.165, 1.54) is 20.0 Å². The summed E-state index contributed by atoms with van der Waals surface area (Å²) in [7, 11) is 1.39. The van der Waals surface area contributed by atoms with Crippen molar-refractivity contribution in [3.63, 3.8) is 0 Å². The second-order valence-corrected chi connectivity index (χ2v) is 5.05. The van der Waals surface area contributed by atoms with Gasteiger partial charge in [-0.3, -0.25) is 0 Å². The zero-order chi connectivity index (χ0) is 15.1. The van der Waals surface area contributed by atoms with Crippen molar-refractivity contribution < 1.29 is 9.53 Å². The van der Waals surface area contributed by atoms with Crippen LogP contribution < -0.4 is 5.32 Å². The van der Waals surface area contributed by atoms with E-state index in [2.05, 4.69) is 22.1 Å². The first-order valence-corrected chi connectivity index (χ1v) is 7.45. The number of methoxy groups -OCH3 is 1. The maximum Gasteiger partial charge on any atom is 0.337 e. The average Bonchev–Trinajstić information content (AvgIpc) is 3.05. The number of nitrogens with one attached hydrogen (secondary N) is 1. The molecule has 0 saturated carbocycles. The molecule has 2 rings (SSSR count). The fourth-order valence-electron chi connectivity index (χ4n) is 2.39. The van der Waals surface area contributed by atoms with Crippen molar-refractivity contribution >= 4 is 11.9 Å². The fourth-order valence-corrected chi connectivity index (χ4v) is 2.39. The van der Waals surface area contributed by atoms with Gasteiger partial charge in [0.25, 0.3) is 0 Å². The van der Waals surface area contributed by atoms with Gasteiger partial charge in [0, 0.05) is 19.6 Å². The van der Waals surface area contributed by atoms with Crippen LogP contribution in [0.1, 0.15) is 35.7 Å². The molecule has 1 aliphatic rings. The Morgan fingerprint density at radius 3 is 2.52 bits per heavy atom. The minimum Gasteiger partial charge on any atom is -0.465 e. The maximum absolute atomic E-state index is 11.4. The summed E-state index contributed by atoms with van der Waals surface area (Å²) in [5.41, 5.74) is 1.65. The van der Waals surface area contributed by atoms with Gasteiger partial charge in [-0.25, -0.2) is 9.79 Å². The van der Waals surface area contributed by atoms with E-state index in [1.807, 2.05) is 12.1 Å². The van der Waals surface area contributed by atoms with Gasteiger partial charge in [-0.2, -0.15) is 0 Å². The Balaban J connectivity index is 2.01. The molecule has 21 heavy (non-hydrogen) atoms. The van der Waals surface area contributed by atoms with Gasteiger partial charge in [0.2, 0.25) is 0 Å². The lowest BCUT2D eigenvalue weighted by Crippen LogP contribution is -2.39. The van der Waals surface area contributed by atoms with E-state index >= 15 is 0 Å². The first kappa shape index (κ1) is 15.4. The van der Waals surface area contributed by atoms with Gasteiger partial charge in [-0.05, 0) is 37.5 Å². The van der Waals surface area contributed by atoms with Gasteiger partial charge in [0.05, 0.1) is 19.2 Å². The molecule has 1 aliphatic heterocycles. The predicted octanol–water partition coefficient (Wildman–Crippen LogP) is 2.03. The van der Waals surface area contributed by atoms with E-state index in [0.29, 0.717) is 12.1 Å². The summed E-state index contributed by atoms with van der Waals surface area (Å²) >= 11 is 0. The van der Waals surface area contributed by atoms with Crippen LogP contribution in [0.3, 0.4) is 0 Å². The number of carbonyl (C=O) groups excluding carboxylic acids is 1. The topological polar surface area (TPSA) is 53.9 Å². The number of carbonyl (C=O) groups is 1. The minimum absolute atomic E-state index is 0.310. The monoisotopic (exact) mass is 289 g/mol. The molecule has 1 N–H and O–H groups in total. The molecule has 1 heterocycles. The van der Waals surface area contributed by atoms with E-state index in [0.717, 1.165) is 31.2 Å². The number of nitrogens with zero attached hydrogens (tertiary/aromatic N) is 2. The summed E-state index contributed by atoms with van der Waals surface area (Å²) in [4.78, 5) is 18.4. The molecule has 0 radical (unpaired) electrons. The number of likely N-dealkylation sites (tertiary alicyclic amines) is 1. The van der Waals surface area contributed by atoms with Crippen LogP contribution in [-0.2, 0) is 11.3 Å². The van der Waals surface area contributed by atoms with Crippen molar-refractivity contribution in [2.75, 3.05) is 26.7 Å². The van der Waals surface area contributed by atoms with Crippen LogP contribution in [0.4, 0.5) is 0 Å². The molecular formula is C16H23N3O2. The molecule has 0 amide bonds. The minimum atomic E-state index is -0.310. The summed E-state index contributed by atoms with van der Waals surface area (Å²) in [5, 5.41) is 3.34. The normalized spacial score (nSPS) is 15.1. The van der Waals surface area contributed by atoms with Crippen LogP contribution in [0, 0.1) is 0 Å². The van der Waals surface area contributed by atoms with Gasteiger partial charge in [-0.1, -0.05) is 12.1 Å². The van der Waals surface area contributed by atoms with Gasteiger partial charge in [-0.15, -0.1) is 0 Å². The highest BCUT2D eigenvalue weighted by Crippen LogP contribution is 2.10. The Bertz CT molecular complexity index is 491. The number of guanidine groups is 1. The van der Waals surface area contributed by atoms with Crippen LogP contribution in [0.5, 0.6) is 0 Å². The number of aliphatic imine (C=N–C) groups is 1. The molecule has 0 aromatic heterocycles. The van der Waals surface area contributed by atoms with Gasteiger partial charge in [0.15, 0.2) is 5.96 Å². The summed E-state index contributed by atoms with van der Waals surface area (Å²) < 4.78 is 4.69. The summed E-state index contributed by atoms with van der Waals surface area (Å²) in [6.07, 6.45) is 2.47. The van der Waals surface area contributed by atoms with Crippen LogP contribution in [0.25, 0.3) is 0 Å². The zero-order valence-corrected chi connectivity index (χ0v) is 12.8. The van der Waals surface area contributed by atoms with Crippen LogP contribution in [-0.4, -0.2) is 43.6 Å². The van der Waals surface area contributed by atoms with Gasteiger partial charge < -0.3 is 15.0 Å². The lowest BCUT2D eigenvalue weighted by atomic mass is 10.1. The number of rotatable bonds is 4. The molecule has 1 saturated heterocycles. The molecule has 0 spiro atoms. The molecule has 5 nitrogen and oxygen atoms in total. The second kappa shape index (κ2) is 7.67. The molecular weight excluding hydrogens is 266 g/mol. The van der Waals surface area contributed by atoms with Crippen molar-refractivity contribution in [3.8, 4) is 0 Å². The molecule has 114 valence electrons. The predicted molar refractivity (Wildman–Crippen MR) is 83.4 cm³/mol. The molecule has 5 heteroatoms. The second-order valence-electron chi connectivity index (χ2n) is 5.05. The van der Waals surface area contributed by atoms with E-state index in [4.69, 9.17) is 4.74 Å². The molecule has 0 aliphatic carbocycles. The van der Waals surface area contributed by atoms with E-state index < -0.39 is 0 Å². The van der Waals surface area contributed by atoms with Crippen LogP contribution in [0.15, 0.2) is 29.3 Å². The van der Waals surface area contributed by atoms with Crippen molar-refractivity contribution in [2.24, 2.45) is 4.99 Å². The van der Waals surface area contributed by atoms with Gasteiger partial charge in [0.1, 0.15) is 0 Å². The first-order chi connectivity index (χ1) is 10.2. The fraction of sp³-hybridized carbons (Fsp3) is 0.500. The highest BCUT2D eigenvalue weighted by atomic mass is 16.5. The number of hydrogen-bond acceptors (Lipinski definition) is 3. The number of hydrogen-bond donors (Lipinski definition) is 1. The van der Waals surface area contributed by atoms with Crippen molar-refractivity contribution in [2.45, 2.75) is 26.3 Å². The van der Waals surface area contributed by atoms with Crippen molar-refractivity contribution in [1.29, 1.82) is 0 Å². The molecule has 0 unspecified atom stereocenters. The highest BCUT2D eigenvalue weighted by molar-refractivity contribution is 5.89. The quantitative estimate of drug-likeness (QED) is 0.523. The third-order valence-corrected chi connectivity index (χ3v) is 3.53. The number of benzene rings is 1. The Morgan fingerprint density at radius 2 is 1.95 bits per heavy atom. The Kier molecular flexibility index (Phi) is 5.60.